The number of aromatic nitrogens is 2. The number of hydrogen-bond donors (Lipinski definition) is 0. The minimum absolute atomic E-state index is 0.0223. The Morgan fingerprint density at radius 1 is 1.07 bits per heavy atom. The van der Waals surface area contributed by atoms with Gasteiger partial charge in [0.15, 0.2) is 0 Å². The molecule has 0 saturated carbocycles. The van der Waals surface area contributed by atoms with Crippen molar-refractivity contribution in [2.75, 3.05) is 49.1 Å². The standard InChI is InChI=1S/C21H25ClFN5O/c1-15-13-19(26-7-2-3-8-26)25-21(24-15)28-11-9-27(10-12-28)20(29)14-16-17(22)5-4-6-18(16)23/h4-6,13H,2-3,7-12,14H2,1H3. The Morgan fingerprint density at radius 3 is 2.48 bits per heavy atom. The summed E-state index contributed by atoms with van der Waals surface area (Å²) < 4.78 is 14.0. The molecule has 29 heavy (non-hydrogen) atoms. The fourth-order valence-corrected chi connectivity index (χ4v) is 4.14. The van der Waals surface area contributed by atoms with Crippen LogP contribution in [-0.2, 0) is 11.2 Å². The summed E-state index contributed by atoms with van der Waals surface area (Å²) in [4.78, 5) is 28.2. The summed E-state index contributed by atoms with van der Waals surface area (Å²) >= 11 is 6.06. The number of hydrogen-bond acceptors (Lipinski definition) is 5. The van der Waals surface area contributed by atoms with Crippen molar-refractivity contribution in [1.82, 2.24) is 14.9 Å². The van der Waals surface area contributed by atoms with Gasteiger partial charge in [0.1, 0.15) is 11.6 Å². The molecule has 0 atom stereocenters. The Labute approximate surface area is 175 Å². The molecular formula is C21H25ClFN5O. The number of anilines is 2. The highest BCUT2D eigenvalue weighted by Gasteiger charge is 2.25. The second-order valence-corrected chi connectivity index (χ2v) is 8.01. The van der Waals surface area contributed by atoms with E-state index in [2.05, 4.69) is 14.8 Å². The number of rotatable bonds is 4. The average Bonchev–Trinajstić information content (AvgIpc) is 3.25. The molecule has 0 unspecified atom stereocenters. The van der Waals surface area contributed by atoms with E-state index in [1.165, 1.54) is 18.9 Å². The monoisotopic (exact) mass is 417 g/mol. The first-order chi connectivity index (χ1) is 14.0. The molecular weight excluding hydrogens is 393 g/mol. The fourth-order valence-electron chi connectivity index (χ4n) is 3.91. The first kappa shape index (κ1) is 19.9. The maximum absolute atomic E-state index is 14.0. The van der Waals surface area contributed by atoms with Crippen molar-refractivity contribution in [1.29, 1.82) is 0 Å². The molecule has 0 N–H and O–H groups in total. The van der Waals surface area contributed by atoms with E-state index in [0.29, 0.717) is 31.2 Å². The summed E-state index contributed by atoms with van der Waals surface area (Å²) in [5.41, 5.74) is 1.21. The molecule has 2 aromatic rings. The van der Waals surface area contributed by atoms with Crippen molar-refractivity contribution < 1.29 is 9.18 Å². The summed E-state index contributed by atoms with van der Waals surface area (Å²) in [7, 11) is 0. The number of carbonyl (C=O) groups is 1. The summed E-state index contributed by atoms with van der Waals surface area (Å²) in [5.74, 6) is 1.15. The van der Waals surface area contributed by atoms with Gasteiger partial charge in [-0.2, -0.15) is 4.98 Å². The van der Waals surface area contributed by atoms with Gasteiger partial charge in [-0.25, -0.2) is 9.37 Å². The Bertz CT molecular complexity index is 874. The van der Waals surface area contributed by atoms with E-state index in [0.717, 1.165) is 30.5 Å². The van der Waals surface area contributed by atoms with Gasteiger partial charge >= 0.3 is 0 Å². The van der Waals surface area contributed by atoms with Crippen molar-refractivity contribution in [3.8, 4) is 0 Å². The van der Waals surface area contributed by atoms with Gasteiger partial charge in [0.05, 0.1) is 6.42 Å². The minimum Gasteiger partial charge on any atom is -0.356 e. The van der Waals surface area contributed by atoms with Crippen LogP contribution in [0.25, 0.3) is 0 Å². The average molecular weight is 418 g/mol. The van der Waals surface area contributed by atoms with E-state index >= 15 is 0 Å². The van der Waals surface area contributed by atoms with Crippen LogP contribution in [0.5, 0.6) is 0 Å². The molecule has 2 aliphatic rings. The molecule has 2 fully saturated rings. The summed E-state index contributed by atoms with van der Waals surface area (Å²) in [5, 5.41) is 0.291. The molecule has 2 aliphatic heterocycles. The van der Waals surface area contributed by atoms with Crippen LogP contribution in [0.3, 0.4) is 0 Å². The maximum Gasteiger partial charge on any atom is 0.227 e. The van der Waals surface area contributed by atoms with E-state index in [-0.39, 0.29) is 17.9 Å². The maximum atomic E-state index is 14.0. The quantitative estimate of drug-likeness (QED) is 0.765. The normalized spacial score (nSPS) is 17.1. The minimum atomic E-state index is -0.438. The molecule has 3 heterocycles. The number of aryl methyl sites for hydroxylation is 1. The van der Waals surface area contributed by atoms with Gasteiger partial charge in [-0.3, -0.25) is 4.79 Å². The van der Waals surface area contributed by atoms with E-state index < -0.39 is 5.82 Å². The Morgan fingerprint density at radius 2 is 1.79 bits per heavy atom. The molecule has 0 bridgehead atoms. The van der Waals surface area contributed by atoms with Crippen LogP contribution in [0.1, 0.15) is 24.1 Å². The molecule has 8 heteroatoms. The highest BCUT2D eigenvalue weighted by atomic mass is 35.5. The highest BCUT2D eigenvalue weighted by Crippen LogP contribution is 2.23. The third kappa shape index (κ3) is 4.45. The van der Waals surface area contributed by atoms with E-state index in [9.17, 15) is 9.18 Å². The fraction of sp³-hybridized carbons (Fsp3) is 0.476. The third-order valence-electron chi connectivity index (χ3n) is 5.56. The topological polar surface area (TPSA) is 52.6 Å². The number of benzene rings is 1. The Balaban J connectivity index is 1.40. The van der Waals surface area contributed by atoms with Crippen molar-refractivity contribution in [2.24, 2.45) is 0 Å². The second-order valence-electron chi connectivity index (χ2n) is 7.61. The lowest BCUT2D eigenvalue weighted by molar-refractivity contribution is -0.130. The Kier molecular flexibility index (Phi) is 5.85. The van der Waals surface area contributed by atoms with E-state index in [1.54, 1.807) is 17.0 Å². The lowest BCUT2D eigenvalue weighted by Gasteiger charge is -2.35. The smallest absolute Gasteiger partial charge is 0.227 e. The van der Waals surface area contributed by atoms with Gasteiger partial charge in [0.25, 0.3) is 0 Å². The largest absolute Gasteiger partial charge is 0.356 e. The number of carbonyl (C=O) groups excluding carboxylic acids is 1. The van der Waals surface area contributed by atoms with Crippen LogP contribution in [-0.4, -0.2) is 60.0 Å². The van der Waals surface area contributed by atoms with Gasteiger partial charge in [-0.15, -0.1) is 0 Å². The molecule has 1 aromatic heterocycles. The molecule has 154 valence electrons. The number of amides is 1. The van der Waals surface area contributed by atoms with Gasteiger partial charge < -0.3 is 14.7 Å². The van der Waals surface area contributed by atoms with Crippen molar-refractivity contribution >= 4 is 29.3 Å². The first-order valence-corrected chi connectivity index (χ1v) is 10.5. The lowest BCUT2D eigenvalue weighted by Crippen LogP contribution is -2.49. The van der Waals surface area contributed by atoms with Crippen molar-refractivity contribution in [2.45, 2.75) is 26.2 Å². The van der Waals surface area contributed by atoms with Crippen LogP contribution in [0, 0.1) is 12.7 Å². The van der Waals surface area contributed by atoms with Crippen LogP contribution in [0.4, 0.5) is 16.2 Å². The predicted molar refractivity (Wildman–Crippen MR) is 112 cm³/mol. The van der Waals surface area contributed by atoms with Crippen molar-refractivity contribution in [3.05, 3.63) is 46.4 Å². The second kappa shape index (κ2) is 8.53. The molecule has 6 nitrogen and oxygen atoms in total. The van der Waals surface area contributed by atoms with Crippen molar-refractivity contribution in [3.63, 3.8) is 0 Å². The summed E-state index contributed by atoms with van der Waals surface area (Å²) in [6.45, 7) is 6.48. The molecule has 1 amide bonds. The van der Waals surface area contributed by atoms with Gasteiger partial charge in [-0.05, 0) is 31.9 Å². The van der Waals surface area contributed by atoms with E-state index in [1.807, 2.05) is 13.0 Å². The molecule has 1 aromatic carbocycles. The first-order valence-electron chi connectivity index (χ1n) is 10.1. The molecule has 0 radical (unpaired) electrons. The third-order valence-corrected chi connectivity index (χ3v) is 5.92. The Hall–Kier alpha value is -2.41. The number of nitrogens with zero attached hydrogens (tertiary/aromatic N) is 5. The van der Waals surface area contributed by atoms with Crippen LogP contribution < -0.4 is 9.80 Å². The van der Waals surface area contributed by atoms with E-state index in [4.69, 9.17) is 16.6 Å². The zero-order valence-electron chi connectivity index (χ0n) is 16.6. The SMILES string of the molecule is Cc1cc(N2CCCC2)nc(N2CCN(C(=O)Cc3c(F)cccc3Cl)CC2)n1. The molecule has 0 spiro atoms. The predicted octanol–water partition coefficient (Wildman–Crippen LogP) is 3.07. The zero-order valence-corrected chi connectivity index (χ0v) is 17.3. The summed E-state index contributed by atoms with van der Waals surface area (Å²) in [6, 6.07) is 6.52. The summed E-state index contributed by atoms with van der Waals surface area (Å²) in [6.07, 6.45) is 2.38. The van der Waals surface area contributed by atoms with Crippen LogP contribution in [0.15, 0.2) is 24.3 Å². The lowest BCUT2D eigenvalue weighted by atomic mass is 10.1. The zero-order chi connectivity index (χ0) is 20.4. The highest BCUT2D eigenvalue weighted by molar-refractivity contribution is 6.31. The molecule has 0 aliphatic carbocycles. The molecule has 2 saturated heterocycles. The van der Waals surface area contributed by atoms with Gasteiger partial charge in [0.2, 0.25) is 11.9 Å². The van der Waals surface area contributed by atoms with Gasteiger partial charge in [-0.1, -0.05) is 17.7 Å². The number of piperazine rings is 1. The van der Waals surface area contributed by atoms with Crippen LogP contribution in [0.2, 0.25) is 5.02 Å². The molecule has 4 rings (SSSR count). The number of halogens is 2. The van der Waals surface area contributed by atoms with Crippen LogP contribution >= 0.6 is 11.6 Å². The van der Waals surface area contributed by atoms with Gasteiger partial charge in [0, 0.05) is 61.6 Å².